The third kappa shape index (κ3) is 3.86. The Balaban J connectivity index is 3.23. The summed E-state index contributed by atoms with van der Waals surface area (Å²) in [4.78, 5) is 11.6. The molecule has 0 aliphatic carbocycles. The monoisotopic (exact) mass is 248 g/mol. The molecule has 0 saturated carbocycles. The van der Waals surface area contributed by atoms with E-state index in [0.29, 0.717) is 17.4 Å². The van der Waals surface area contributed by atoms with Crippen LogP contribution in [0.2, 0.25) is 0 Å². The van der Waals surface area contributed by atoms with Gasteiger partial charge in [0, 0.05) is 0 Å². The lowest BCUT2D eigenvalue weighted by Gasteiger charge is -2.14. The molecule has 100 valence electrons. The van der Waals surface area contributed by atoms with Crippen molar-refractivity contribution >= 4 is 5.78 Å². The van der Waals surface area contributed by atoms with Crippen LogP contribution in [-0.4, -0.2) is 10.9 Å². The van der Waals surface area contributed by atoms with Gasteiger partial charge in [0.2, 0.25) is 0 Å². The quantitative estimate of drug-likeness (QED) is 0.800. The third-order valence-corrected chi connectivity index (χ3v) is 2.90. The van der Waals surface area contributed by atoms with Gasteiger partial charge in [-0.3, -0.25) is 4.79 Å². The van der Waals surface area contributed by atoms with Gasteiger partial charge in [-0.2, -0.15) is 0 Å². The van der Waals surface area contributed by atoms with Gasteiger partial charge in [-0.05, 0) is 48.8 Å². The number of phenolic OH excluding ortho intramolecular Hbond substituents is 1. The van der Waals surface area contributed by atoms with Crippen LogP contribution in [0, 0.1) is 11.8 Å². The molecule has 0 bridgehead atoms. The predicted octanol–water partition coefficient (Wildman–Crippen LogP) is 3.99. The molecule has 0 fully saturated rings. The van der Waals surface area contributed by atoms with Gasteiger partial charge in [0.15, 0.2) is 5.78 Å². The van der Waals surface area contributed by atoms with Crippen molar-refractivity contribution in [2.24, 2.45) is 11.8 Å². The van der Waals surface area contributed by atoms with Crippen molar-refractivity contribution in [2.75, 3.05) is 0 Å². The molecule has 0 aliphatic rings. The average Bonchev–Trinajstić information content (AvgIpc) is 2.20. The second-order valence-electron chi connectivity index (χ2n) is 5.90. The molecule has 0 amide bonds. The molecule has 0 spiro atoms. The van der Waals surface area contributed by atoms with Crippen LogP contribution in [0.25, 0.3) is 0 Å². The highest BCUT2D eigenvalue weighted by Crippen LogP contribution is 2.28. The van der Waals surface area contributed by atoms with E-state index < -0.39 is 0 Å². The molecule has 0 aromatic heterocycles. The predicted molar refractivity (Wildman–Crippen MR) is 75.2 cm³/mol. The first-order valence-corrected chi connectivity index (χ1v) is 6.67. The van der Waals surface area contributed by atoms with Crippen LogP contribution in [0.4, 0.5) is 0 Å². The lowest BCUT2D eigenvalue weighted by Crippen LogP contribution is -2.04. The van der Waals surface area contributed by atoms with Crippen LogP contribution >= 0.6 is 0 Å². The molecule has 1 aromatic rings. The fourth-order valence-corrected chi connectivity index (χ4v) is 2.21. The van der Waals surface area contributed by atoms with Gasteiger partial charge in [0.25, 0.3) is 0 Å². The topological polar surface area (TPSA) is 37.3 Å². The molecule has 0 aliphatic heterocycles. The Labute approximate surface area is 110 Å². The molecule has 18 heavy (non-hydrogen) atoms. The number of carbonyl (C=O) groups is 1. The lowest BCUT2D eigenvalue weighted by atomic mass is 9.92. The van der Waals surface area contributed by atoms with Crippen LogP contribution in [0.1, 0.15) is 56.1 Å². The van der Waals surface area contributed by atoms with Crippen molar-refractivity contribution in [3.8, 4) is 5.75 Å². The highest BCUT2D eigenvalue weighted by molar-refractivity contribution is 5.97. The number of carbonyl (C=O) groups excluding carboxylic acids is 1. The molecule has 1 N–H and O–H groups in total. The Hall–Kier alpha value is -1.31. The molecule has 1 rings (SSSR count). The van der Waals surface area contributed by atoms with E-state index in [1.165, 1.54) is 6.92 Å². The first-order valence-electron chi connectivity index (χ1n) is 6.67. The highest BCUT2D eigenvalue weighted by Gasteiger charge is 2.14. The summed E-state index contributed by atoms with van der Waals surface area (Å²) in [6.45, 7) is 10.0. The zero-order valence-corrected chi connectivity index (χ0v) is 12.1. The van der Waals surface area contributed by atoms with E-state index in [1.54, 1.807) is 0 Å². The van der Waals surface area contributed by atoms with E-state index in [1.807, 2.05) is 12.1 Å². The minimum absolute atomic E-state index is 0.0666. The van der Waals surface area contributed by atoms with Crippen molar-refractivity contribution in [3.05, 3.63) is 28.8 Å². The molecule has 0 unspecified atom stereocenters. The molecule has 2 nitrogen and oxygen atoms in total. The number of aromatic hydroxyl groups is 1. The van der Waals surface area contributed by atoms with Gasteiger partial charge >= 0.3 is 0 Å². The second-order valence-corrected chi connectivity index (χ2v) is 5.90. The average molecular weight is 248 g/mol. The van der Waals surface area contributed by atoms with E-state index in [9.17, 15) is 9.90 Å². The molecule has 1 aromatic carbocycles. The van der Waals surface area contributed by atoms with Gasteiger partial charge in [0.1, 0.15) is 5.75 Å². The Morgan fingerprint density at radius 3 is 2.11 bits per heavy atom. The fourth-order valence-electron chi connectivity index (χ4n) is 2.21. The second kappa shape index (κ2) is 6.03. The van der Waals surface area contributed by atoms with Gasteiger partial charge in [-0.15, -0.1) is 0 Å². The summed E-state index contributed by atoms with van der Waals surface area (Å²) in [5, 5.41) is 10.1. The van der Waals surface area contributed by atoms with E-state index in [0.717, 1.165) is 24.0 Å². The summed E-state index contributed by atoms with van der Waals surface area (Å²) in [5.74, 6) is 1.11. The van der Waals surface area contributed by atoms with E-state index in [-0.39, 0.29) is 11.5 Å². The first-order chi connectivity index (χ1) is 8.31. The van der Waals surface area contributed by atoms with Crippen LogP contribution in [-0.2, 0) is 12.8 Å². The van der Waals surface area contributed by atoms with Crippen molar-refractivity contribution in [1.82, 2.24) is 0 Å². The van der Waals surface area contributed by atoms with Crippen LogP contribution in [0.3, 0.4) is 0 Å². The van der Waals surface area contributed by atoms with Gasteiger partial charge in [0.05, 0.1) is 5.56 Å². The minimum Gasteiger partial charge on any atom is -0.507 e. The summed E-state index contributed by atoms with van der Waals surface area (Å²) < 4.78 is 0. The van der Waals surface area contributed by atoms with Crippen LogP contribution < -0.4 is 0 Å². The van der Waals surface area contributed by atoms with Crippen molar-refractivity contribution in [1.29, 1.82) is 0 Å². The lowest BCUT2D eigenvalue weighted by molar-refractivity contribution is 0.101. The maximum Gasteiger partial charge on any atom is 0.163 e. The largest absolute Gasteiger partial charge is 0.507 e. The maximum absolute atomic E-state index is 11.6. The van der Waals surface area contributed by atoms with E-state index in [4.69, 9.17) is 0 Å². The first kappa shape index (κ1) is 14.7. The number of rotatable bonds is 5. The zero-order valence-electron chi connectivity index (χ0n) is 12.1. The number of Topliss-reactive ketones (excluding diaryl/α,β-unsaturated/α-hetero) is 1. The van der Waals surface area contributed by atoms with Crippen LogP contribution in [0.15, 0.2) is 12.1 Å². The van der Waals surface area contributed by atoms with Gasteiger partial charge in [-0.1, -0.05) is 33.8 Å². The Morgan fingerprint density at radius 2 is 1.67 bits per heavy atom. The van der Waals surface area contributed by atoms with Crippen LogP contribution in [0.5, 0.6) is 5.75 Å². The summed E-state index contributed by atoms with van der Waals surface area (Å²) in [7, 11) is 0. The molecule has 0 radical (unpaired) electrons. The number of ketones is 1. The fraction of sp³-hybridized carbons (Fsp3) is 0.562. The summed E-state index contributed by atoms with van der Waals surface area (Å²) in [6, 6.07) is 3.88. The zero-order chi connectivity index (χ0) is 13.9. The molecular weight excluding hydrogens is 224 g/mol. The molecule has 0 atom stereocenters. The van der Waals surface area contributed by atoms with Crippen molar-refractivity contribution in [3.63, 3.8) is 0 Å². The van der Waals surface area contributed by atoms with Gasteiger partial charge < -0.3 is 5.11 Å². The third-order valence-electron chi connectivity index (χ3n) is 2.90. The Bertz CT molecular complexity index is 431. The Morgan fingerprint density at radius 1 is 1.11 bits per heavy atom. The summed E-state index contributed by atoms with van der Waals surface area (Å²) in [6.07, 6.45) is 1.74. The number of benzene rings is 1. The number of phenols is 1. The smallest absolute Gasteiger partial charge is 0.163 e. The molecule has 2 heteroatoms. The van der Waals surface area contributed by atoms with E-state index >= 15 is 0 Å². The molecule has 0 heterocycles. The Kier molecular flexibility index (Phi) is 4.94. The van der Waals surface area contributed by atoms with Crippen molar-refractivity contribution in [2.45, 2.75) is 47.5 Å². The standard InChI is InChI=1S/C16H24O2/c1-10(2)6-13-8-14(7-11(3)4)16(18)15(9-13)12(5)17/h8-11,18H,6-7H2,1-5H3. The molecule has 0 saturated heterocycles. The SMILES string of the molecule is CC(=O)c1cc(CC(C)C)cc(CC(C)C)c1O. The number of hydrogen-bond acceptors (Lipinski definition) is 2. The molecular formula is C16H24O2. The van der Waals surface area contributed by atoms with E-state index in [2.05, 4.69) is 27.7 Å². The normalized spacial score (nSPS) is 11.3. The summed E-state index contributed by atoms with van der Waals surface area (Å²) >= 11 is 0. The minimum atomic E-state index is -0.0666. The maximum atomic E-state index is 11.6. The van der Waals surface area contributed by atoms with Crippen molar-refractivity contribution < 1.29 is 9.90 Å². The summed E-state index contributed by atoms with van der Waals surface area (Å²) in [5.41, 5.74) is 2.50. The highest BCUT2D eigenvalue weighted by atomic mass is 16.3. The number of hydrogen-bond donors (Lipinski definition) is 1. The van der Waals surface area contributed by atoms with Gasteiger partial charge in [-0.25, -0.2) is 0 Å².